The van der Waals surface area contributed by atoms with Crippen LogP contribution in [-0.4, -0.2) is 22.5 Å². The number of aryl methyl sites for hydroxylation is 1. The average molecular weight is 254 g/mol. The van der Waals surface area contributed by atoms with E-state index in [1.807, 2.05) is 18.0 Å². The van der Waals surface area contributed by atoms with Gasteiger partial charge in [-0.1, -0.05) is 20.8 Å². The predicted molar refractivity (Wildman–Crippen MR) is 72.2 cm³/mol. The smallest absolute Gasteiger partial charge is 0.208 e. The van der Waals surface area contributed by atoms with Gasteiger partial charge in [-0.3, -0.25) is 0 Å². The molecule has 0 bridgehead atoms. The van der Waals surface area contributed by atoms with Crippen molar-refractivity contribution in [3.05, 3.63) is 17.8 Å². The lowest BCUT2D eigenvalue weighted by atomic mass is 9.82. The summed E-state index contributed by atoms with van der Waals surface area (Å²) in [5, 5.41) is 3.59. The standard InChI is InChI=1S/C13H22N2OS/c1-4-10-7-15-12(16-10)8-14-11-9-17-6-5-13(11,2)3/h7,11,14H,4-6,8-9H2,1-3H3. The van der Waals surface area contributed by atoms with Gasteiger partial charge in [0.25, 0.3) is 0 Å². The Hall–Kier alpha value is -0.480. The topological polar surface area (TPSA) is 38.1 Å². The summed E-state index contributed by atoms with van der Waals surface area (Å²) >= 11 is 2.04. The summed E-state index contributed by atoms with van der Waals surface area (Å²) in [5.41, 5.74) is 0.380. The summed E-state index contributed by atoms with van der Waals surface area (Å²) in [6.07, 6.45) is 4.02. The van der Waals surface area contributed by atoms with Crippen LogP contribution in [0.5, 0.6) is 0 Å². The number of nitrogens with zero attached hydrogens (tertiary/aromatic N) is 1. The van der Waals surface area contributed by atoms with E-state index in [0.717, 1.165) is 24.6 Å². The van der Waals surface area contributed by atoms with Crippen LogP contribution in [0.1, 0.15) is 38.8 Å². The monoisotopic (exact) mass is 254 g/mol. The number of hydrogen-bond donors (Lipinski definition) is 1. The Morgan fingerprint density at radius 3 is 3.06 bits per heavy atom. The molecular formula is C13H22N2OS. The Balaban J connectivity index is 1.88. The molecule has 3 nitrogen and oxygen atoms in total. The molecule has 0 aliphatic carbocycles. The third-order valence-electron chi connectivity index (χ3n) is 3.57. The van der Waals surface area contributed by atoms with Gasteiger partial charge in [0.1, 0.15) is 5.76 Å². The first-order valence-corrected chi connectivity index (χ1v) is 7.52. The van der Waals surface area contributed by atoms with Crippen LogP contribution >= 0.6 is 11.8 Å². The van der Waals surface area contributed by atoms with Crippen LogP contribution in [0, 0.1) is 5.41 Å². The van der Waals surface area contributed by atoms with Crippen molar-refractivity contribution in [2.24, 2.45) is 5.41 Å². The highest BCUT2D eigenvalue weighted by atomic mass is 32.2. The molecule has 2 heterocycles. The molecule has 1 unspecified atom stereocenters. The first-order valence-electron chi connectivity index (χ1n) is 6.36. The van der Waals surface area contributed by atoms with Gasteiger partial charge in [0.2, 0.25) is 5.89 Å². The van der Waals surface area contributed by atoms with Gasteiger partial charge in [-0.05, 0) is 17.6 Å². The van der Waals surface area contributed by atoms with Gasteiger partial charge in [0, 0.05) is 18.2 Å². The van der Waals surface area contributed by atoms with Crippen LogP contribution in [0.2, 0.25) is 0 Å². The summed E-state index contributed by atoms with van der Waals surface area (Å²) in [5.74, 6) is 4.26. The van der Waals surface area contributed by atoms with Crippen molar-refractivity contribution < 1.29 is 4.42 Å². The minimum absolute atomic E-state index is 0.380. The second-order valence-electron chi connectivity index (χ2n) is 5.32. The summed E-state index contributed by atoms with van der Waals surface area (Å²) in [7, 11) is 0. The number of oxazole rings is 1. The molecule has 0 spiro atoms. The molecule has 0 amide bonds. The summed E-state index contributed by atoms with van der Waals surface area (Å²) < 4.78 is 5.61. The average Bonchev–Trinajstić information content (AvgIpc) is 2.75. The molecule has 1 saturated heterocycles. The molecule has 2 rings (SSSR count). The normalized spacial score (nSPS) is 23.8. The Bertz CT molecular complexity index is 362. The van der Waals surface area contributed by atoms with Gasteiger partial charge in [0.05, 0.1) is 12.7 Å². The molecule has 96 valence electrons. The molecule has 1 fully saturated rings. The molecule has 17 heavy (non-hydrogen) atoms. The lowest BCUT2D eigenvalue weighted by Crippen LogP contribution is -2.46. The highest BCUT2D eigenvalue weighted by Crippen LogP contribution is 2.34. The molecule has 1 aliphatic rings. The zero-order valence-corrected chi connectivity index (χ0v) is 11.8. The van der Waals surface area contributed by atoms with Crippen LogP contribution in [0.15, 0.2) is 10.6 Å². The number of hydrogen-bond acceptors (Lipinski definition) is 4. The van der Waals surface area contributed by atoms with Gasteiger partial charge in [0.15, 0.2) is 0 Å². The highest BCUT2D eigenvalue weighted by molar-refractivity contribution is 7.99. The summed E-state index contributed by atoms with van der Waals surface area (Å²) in [6, 6.07) is 0.554. The molecule has 1 aromatic rings. The van der Waals surface area contributed by atoms with Crippen molar-refractivity contribution in [3.63, 3.8) is 0 Å². The lowest BCUT2D eigenvalue weighted by Gasteiger charge is -2.38. The second kappa shape index (κ2) is 5.44. The van der Waals surface area contributed by atoms with Crippen molar-refractivity contribution >= 4 is 11.8 Å². The third kappa shape index (κ3) is 3.26. The maximum Gasteiger partial charge on any atom is 0.208 e. The van der Waals surface area contributed by atoms with Crippen LogP contribution in [0.4, 0.5) is 0 Å². The van der Waals surface area contributed by atoms with E-state index in [1.54, 1.807) is 0 Å². The first kappa shape index (κ1) is 13.0. The molecule has 1 atom stereocenters. The van der Waals surface area contributed by atoms with Gasteiger partial charge in [-0.15, -0.1) is 0 Å². The van der Waals surface area contributed by atoms with E-state index in [9.17, 15) is 0 Å². The molecule has 1 aromatic heterocycles. The van der Waals surface area contributed by atoms with Crippen LogP contribution in [-0.2, 0) is 13.0 Å². The van der Waals surface area contributed by atoms with E-state index < -0.39 is 0 Å². The van der Waals surface area contributed by atoms with E-state index in [0.29, 0.717) is 11.5 Å². The number of aromatic nitrogens is 1. The minimum atomic E-state index is 0.380. The summed E-state index contributed by atoms with van der Waals surface area (Å²) in [4.78, 5) is 4.28. The second-order valence-corrected chi connectivity index (χ2v) is 6.47. The largest absolute Gasteiger partial charge is 0.444 e. The van der Waals surface area contributed by atoms with Gasteiger partial charge < -0.3 is 9.73 Å². The molecule has 4 heteroatoms. The Kier molecular flexibility index (Phi) is 4.15. The van der Waals surface area contributed by atoms with Crippen molar-refractivity contribution in [1.29, 1.82) is 0 Å². The van der Waals surface area contributed by atoms with Crippen molar-refractivity contribution in [1.82, 2.24) is 10.3 Å². The van der Waals surface area contributed by atoms with E-state index in [2.05, 4.69) is 31.1 Å². The third-order valence-corrected chi connectivity index (χ3v) is 4.63. The summed E-state index contributed by atoms with van der Waals surface area (Å²) in [6.45, 7) is 7.52. The molecule has 0 radical (unpaired) electrons. The van der Waals surface area contributed by atoms with Crippen molar-refractivity contribution in [3.8, 4) is 0 Å². The minimum Gasteiger partial charge on any atom is -0.444 e. The van der Waals surface area contributed by atoms with Crippen LogP contribution in [0.25, 0.3) is 0 Å². The number of rotatable bonds is 4. The Labute approximate surface area is 108 Å². The van der Waals surface area contributed by atoms with Crippen molar-refractivity contribution in [2.45, 2.75) is 46.2 Å². The van der Waals surface area contributed by atoms with Gasteiger partial charge in [-0.25, -0.2) is 4.98 Å². The molecule has 0 aromatic carbocycles. The quantitative estimate of drug-likeness (QED) is 0.896. The maximum atomic E-state index is 5.61. The van der Waals surface area contributed by atoms with Crippen LogP contribution in [0.3, 0.4) is 0 Å². The van der Waals surface area contributed by atoms with E-state index in [1.165, 1.54) is 17.9 Å². The fourth-order valence-corrected chi connectivity index (χ4v) is 3.72. The highest BCUT2D eigenvalue weighted by Gasteiger charge is 2.32. The number of nitrogens with one attached hydrogen (secondary N) is 1. The van der Waals surface area contributed by atoms with Gasteiger partial charge >= 0.3 is 0 Å². The SMILES string of the molecule is CCc1cnc(CNC2CSCCC2(C)C)o1. The molecular weight excluding hydrogens is 232 g/mol. The number of thioether (sulfide) groups is 1. The predicted octanol–water partition coefficient (Wildman–Crippen LogP) is 2.86. The zero-order chi connectivity index (χ0) is 12.3. The van der Waals surface area contributed by atoms with Crippen molar-refractivity contribution in [2.75, 3.05) is 11.5 Å². The molecule has 1 N–H and O–H groups in total. The Morgan fingerprint density at radius 2 is 2.41 bits per heavy atom. The molecule has 0 saturated carbocycles. The molecule has 1 aliphatic heterocycles. The van der Waals surface area contributed by atoms with Gasteiger partial charge in [-0.2, -0.15) is 11.8 Å². The maximum absolute atomic E-state index is 5.61. The first-order chi connectivity index (χ1) is 8.12. The lowest BCUT2D eigenvalue weighted by molar-refractivity contribution is 0.238. The Morgan fingerprint density at radius 1 is 1.59 bits per heavy atom. The zero-order valence-electron chi connectivity index (χ0n) is 11.0. The fraction of sp³-hybridized carbons (Fsp3) is 0.769. The van der Waals surface area contributed by atoms with Crippen LogP contribution < -0.4 is 5.32 Å². The fourth-order valence-electron chi connectivity index (χ4n) is 2.08. The van der Waals surface area contributed by atoms with E-state index in [4.69, 9.17) is 4.42 Å². The van der Waals surface area contributed by atoms with E-state index >= 15 is 0 Å². The van der Waals surface area contributed by atoms with E-state index in [-0.39, 0.29) is 0 Å².